The van der Waals surface area contributed by atoms with Crippen molar-refractivity contribution in [3.8, 4) is 0 Å². The average Bonchev–Trinajstić information content (AvgIpc) is 2.34. The highest BCUT2D eigenvalue weighted by Crippen LogP contribution is 2.43. The van der Waals surface area contributed by atoms with Gasteiger partial charge in [0.2, 0.25) is 0 Å². The minimum absolute atomic E-state index is 0.00880. The van der Waals surface area contributed by atoms with Gasteiger partial charge in [-0.2, -0.15) is 0 Å². The number of esters is 1. The Morgan fingerprint density at radius 3 is 2.56 bits per heavy atom. The molecule has 104 valence electrons. The Balaban J connectivity index is 1.82. The lowest BCUT2D eigenvalue weighted by Gasteiger charge is -2.40. The minimum Gasteiger partial charge on any atom is -0.462 e. The number of hydrogen-bond donors (Lipinski definition) is 1. The maximum absolute atomic E-state index is 12.1. The van der Waals surface area contributed by atoms with Crippen LogP contribution < -0.4 is 5.73 Å². The molecule has 2 rings (SSSR count). The summed E-state index contributed by atoms with van der Waals surface area (Å²) < 4.78 is 5.73. The zero-order chi connectivity index (χ0) is 13.0. The van der Waals surface area contributed by atoms with E-state index in [0.29, 0.717) is 18.9 Å². The normalized spacial score (nSPS) is 30.6. The molecule has 2 fully saturated rings. The molecule has 2 unspecified atom stereocenters. The Kier molecular flexibility index (Phi) is 4.66. The molecule has 2 N–H and O–H groups in total. The number of carbonyl (C=O) groups excluding carboxylic acids is 1. The molecule has 0 saturated heterocycles. The topological polar surface area (TPSA) is 52.3 Å². The number of carbonyl (C=O) groups is 1. The van der Waals surface area contributed by atoms with Crippen LogP contribution in [-0.4, -0.2) is 18.6 Å². The second-order valence-corrected chi connectivity index (χ2v) is 6.22. The third-order valence-electron chi connectivity index (χ3n) is 5.01. The van der Waals surface area contributed by atoms with Crippen LogP contribution in [-0.2, 0) is 9.53 Å². The van der Waals surface area contributed by atoms with E-state index >= 15 is 0 Å². The van der Waals surface area contributed by atoms with Crippen molar-refractivity contribution < 1.29 is 9.53 Å². The summed E-state index contributed by atoms with van der Waals surface area (Å²) in [5.41, 5.74) is 5.87. The molecular formula is C15H27NO2. The fourth-order valence-electron chi connectivity index (χ4n) is 3.44. The molecule has 0 heterocycles. The van der Waals surface area contributed by atoms with Gasteiger partial charge < -0.3 is 10.5 Å². The van der Waals surface area contributed by atoms with E-state index in [1.807, 2.05) is 0 Å². The molecule has 3 heteroatoms. The fourth-order valence-corrected chi connectivity index (χ4v) is 3.44. The van der Waals surface area contributed by atoms with E-state index in [0.717, 1.165) is 25.7 Å². The van der Waals surface area contributed by atoms with Crippen LogP contribution in [0.25, 0.3) is 0 Å². The van der Waals surface area contributed by atoms with Crippen LogP contribution in [0.4, 0.5) is 0 Å². The average molecular weight is 253 g/mol. The maximum Gasteiger partial charge on any atom is 0.306 e. The van der Waals surface area contributed by atoms with E-state index in [9.17, 15) is 4.79 Å². The van der Waals surface area contributed by atoms with Crippen molar-refractivity contribution in [2.24, 2.45) is 17.1 Å². The van der Waals surface area contributed by atoms with Gasteiger partial charge in [0.05, 0.1) is 6.42 Å². The molecule has 0 radical (unpaired) electrons. The van der Waals surface area contributed by atoms with Gasteiger partial charge in [0.15, 0.2) is 0 Å². The summed E-state index contributed by atoms with van der Waals surface area (Å²) in [6, 6.07) is 0. The van der Waals surface area contributed by atoms with E-state index in [4.69, 9.17) is 10.5 Å². The van der Waals surface area contributed by atoms with Gasteiger partial charge >= 0.3 is 5.97 Å². The third-order valence-corrected chi connectivity index (χ3v) is 5.01. The molecule has 2 saturated carbocycles. The van der Waals surface area contributed by atoms with E-state index in [2.05, 4.69) is 6.92 Å². The molecule has 2 atom stereocenters. The second-order valence-electron chi connectivity index (χ2n) is 6.22. The minimum atomic E-state index is -0.00880. The SMILES string of the molecule is CCC1CCCCC1OC(=O)CC1(CN)CCC1. The summed E-state index contributed by atoms with van der Waals surface area (Å²) in [4.78, 5) is 12.1. The van der Waals surface area contributed by atoms with Crippen molar-refractivity contribution in [3.63, 3.8) is 0 Å². The predicted octanol–water partition coefficient (Wildman–Crippen LogP) is 3.02. The lowest BCUT2D eigenvalue weighted by Crippen LogP contribution is -2.40. The Hall–Kier alpha value is -0.570. The molecular weight excluding hydrogens is 226 g/mol. The van der Waals surface area contributed by atoms with E-state index < -0.39 is 0 Å². The van der Waals surface area contributed by atoms with Crippen LogP contribution in [0, 0.1) is 11.3 Å². The van der Waals surface area contributed by atoms with Crippen molar-refractivity contribution in [1.82, 2.24) is 0 Å². The van der Waals surface area contributed by atoms with Crippen LogP contribution in [0.5, 0.6) is 0 Å². The Labute approximate surface area is 110 Å². The molecule has 2 aliphatic rings. The number of rotatable bonds is 5. The number of hydrogen-bond acceptors (Lipinski definition) is 3. The predicted molar refractivity (Wildman–Crippen MR) is 72.1 cm³/mol. The summed E-state index contributed by atoms with van der Waals surface area (Å²) in [5.74, 6) is 0.573. The molecule has 0 amide bonds. The molecule has 3 nitrogen and oxygen atoms in total. The fraction of sp³-hybridized carbons (Fsp3) is 0.933. The van der Waals surface area contributed by atoms with Gasteiger partial charge in [-0.1, -0.05) is 19.8 Å². The maximum atomic E-state index is 12.1. The molecule has 0 aliphatic heterocycles. The molecule has 0 aromatic heterocycles. The number of nitrogens with two attached hydrogens (primary N) is 1. The van der Waals surface area contributed by atoms with E-state index in [-0.39, 0.29) is 17.5 Å². The van der Waals surface area contributed by atoms with Crippen LogP contribution in [0.3, 0.4) is 0 Å². The quantitative estimate of drug-likeness (QED) is 0.766. The van der Waals surface area contributed by atoms with Gasteiger partial charge in [0, 0.05) is 0 Å². The molecule has 2 aliphatic carbocycles. The zero-order valence-electron chi connectivity index (χ0n) is 11.6. The van der Waals surface area contributed by atoms with Crippen LogP contribution in [0.1, 0.15) is 64.7 Å². The highest BCUT2D eigenvalue weighted by atomic mass is 16.5. The van der Waals surface area contributed by atoms with Gasteiger partial charge in [0.25, 0.3) is 0 Å². The monoisotopic (exact) mass is 253 g/mol. The van der Waals surface area contributed by atoms with Crippen LogP contribution in [0.15, 0.2) is 0 Å². The summed E-state index contributed by atoms with van der Waals surface area (Å²) in [6.07, 6.45) is 10.0. The van der Waals surface area contributed by atoms with Crippen molar-refractivity contribution in [3.05, 3.63) is 0 Å². The smallest absolute Gasteiger partial charge is 0.306 e. The lowest BCUT2D eigenvalue weighted by molar-refractivity contribution is -0.158. The first kappa shape index (κ1) is 13.9. The van der Waals surface area contributed by atoms with Gasteiger partial charge in [-0.05, 0) is 56.4 Å². The standard InChI is InChI=1S/C15H27NO2/c1-2-12-6-3-4-7-13(12)18-14(17)10-15(11-16)8-5-9-15/h12-13H,2-11,16H2,1H3. The summed E-state index contributed by atoms with van der Waals surface area (Å²) in [5, 5.41) is 0. The van der Waals surface area contributed by atoms with Gasteiger partial charge in [-0.3, -0.25) is 4.79 Å². The summed E-state index contributed by atoms with van der Waals surface area (Å²) >= 11 is 0. The first-order chi connectivity index (χ1) is 8.69. The Bertz CT molecular complexity index is 281. The van der Waals surface area contributed by atoms with Crippen molar-refractivity contribution in [2.75, 3.05) is 6.54 Å². The van der Waals surface area contributed by atoms with Crippen LogP contribution >= 0.6 is 0 Å². The van der Waals surface area contributed by atoms with Gasteiger partial charge in [-0.15, -0.1) is 0 Å². The third kappa shape index (κ3) is 3.05. The summed E-state index contributed by atoms with van der Waals surface area (Å²) in [7, 11) is 0. The first-order valence-corrected chi connectivity index (χ1v) is 7.59. The number of ether oxygens (including phenoxy) is 1. The lowest BCUT2D eigenvalue weighted by atomic mass is 9.67. The Morgan fingerprint density at radius 1 is 1.28 bits per heavy atom. The molecule has 0 bridgehead atoms. The van der Waals surface area contributed by atoms with E-state index in [1.54, 1.807) is 0 Å². The van der Waals surface area contributed by atoms with E-state index in [1.165, 1.54) is 25.7 Å². The summed E-state index contributed by atoms with van der Waals surface area (Å²) in [6.45, 7) is 2.83. The Morgan fingerprint density at radius 2 is 2.00 bits per heavy atom. The second kappa shape index (κ2) is 6.05. The van der Waals surface area contributed by atoms with Crippen molar-refractivity contribution in [2.45, 2.75) is 70.8 Å². The molecule has 0 aromatic rings. The van der Waals surface area contributed by atoms with Gasteiger partial charge in [0.1, 0.15) is 6.10 Å². The molecule has 18 heavy (non-hydrogen) atoms. The molecule has 0 aromatic carbocycles. The largest absolute Gasteiger partial charge is 0.462 e. The van der Waals surface area contributed by atoms with Gasteiger partial charge in [-0.25, -0.2) is 0 Å². The van der Waals surface area contributed by atoms with Crippen molar-refractivity contribution >= 4 is 5.97 Å². The van der Waals surface area contributed by atoms with Crippen molar-refractivity contribution in [1.29, 1.82) is 0 Å². The molecule has 0 spiro atoms. The highest BCUT2D eigenvalue weighted by molar-refractivity contribution is 5.70. The highest BCUT2D eigenvalue weighted by Gasteiger charge is 2.39. The van der Waals surface area contributed by atoms with Crippen LogP contribution in [0.2, 0.25) is 0 Å². The first-order valence-electron chi connectivity index (χ1n) is 7.59. The zero-order valence-corrected chi connectivity index (χ0v) is 11.6.